The van der Waals surface area contributed by atoms with Gasteiger partial charge in [-0.3, -0.25) is 9.69 Å². The molecule has 1 amide bonds. The van der Waals surface area contributed by atoms with E-state index >= 15 is 0 Å². The van der Waals surface area contributed by atoms with Crippen molar-refractivity contribution < 1.29 is 4.79 Å². The number of aryl methyl sites for hydroxylation is 1. The normalized spacial score (nSPS) is 11.4. The summed E-state index contributed by atoms with van der Waals surface area (Å²) >= 11 is 13.9. The van der Waals surface area contributed by atoms with Crippen LogP contribution in [-0.2, 0) is 11.3 Å². The van der Waals surface area contributed by atoms with Gasteiger partial charge in [-0.1, -0.05) is 58.8 Å². The summed E-state index contributed by atoms with van der Waals surface area (Å²) in [5, 5.41) is 1.80. The van der Waals surface area contributed by atoms with E-state index in [0.717, 1.165) is 23.2 Å². The Kier molecular flexibility index (Phi) is 6.47. The van der Waals surface area contributed by atoms with Crippen LogP contribution < -0.4 is 4.90 Å². The first-order chi connectivity index (χ1) is 14.6. The first-order valence-electron chi connectivity index (χ1n) is 9.37. The number of imidazole rings is 1. The molecule has 30 heavy (non-hydrogen) atoms. The van der Waals surface area contributed by atoms with Crippen molar-refractivity contribution in [2.75, 3.05) is 11.4 Å². The highest BCUT2D eigenvalue weighted by atomic mass is 35.5. The smallest absolute Gasteiger partial charge is 0.252 e. The molecule has 0 saturated carbocycles. The number of nitrogens with zero attached hydrogens (tertiary/aromatic N) is 4. The molecule has 0 aliphatic rings. The summed E-state index contributed by atoms with van der Waals surface area (Å²) < 4.78 is 2.93. The van der Waals surface area contributed by atoms with Crippen molar-refractivity contribution in [1.29, 1.82) is 0 Å². The first-order valence-corrected chi connectivity index (χ1v) is 10.9. The lowest BCUT2D eigenvalue weighted by atomic mass is 10.2. The number of benzene rings is 2. The van der Waals surface area contributed by atoms with Crippen molar-refractivity contribution in [3.8, 4) is 0 Å². The van der Waals surface area contributed by atoms with E-state index in [9.17, 15) is 4.79 Å². The Balaban J connectivity index is 1.59. The highest BCUT2D eigenvalue weighted by Gasteiger charge is 2.18. The van der Waals surface area contributed by atoms with Gasteiger partial charge in [-0.25, -0.2) is 9.97 Å². The van der Waals surface area contributed by atoms with Crippen LogP contribution in [0.4, 0.5) is 5.13 Å². The number of halogens is 2. The molecular formula is C22H18Cl2N4OS. The zero-order valence-corrected chi connectivity index (χ0v) is 18.2. The molecular weight excluding hydrogens is 439 g/mol. The number of aromatic nitrogens is 3. The van der Waals surface area contributed by atoms with Gasteiger partial charge in [0.25, 0.3) is 5.91 Å². The Labute approximate surface area is 188 Å². The largest absolute Gasteiger partial charge is 0.337 e. The summed E-state index contributed by atoms with van der Waals surface area (Å²) in [4.78, 5) is 23.5. The second-order valence-electron chi connectivity index (χ2n) is 6.58. The van der Waals surface area contributed by atoms with Crippen LogP contribution in [0.3, 0.4) is 0 Å². The van der Waals surface area contributed by atoms with E-state index < -0.39 is 0 Å². The van der Waals surface area contributed by atoms with Gasteiger partial charge in [0.15, 0.2) is 5.13 Å². The monoisotopic (exact) mass is 456 g/mol. The van der Waals surface area contributed by atoms with Crippen LogP contribution in [0.2, 0.25) is 10.0 Å². The quantitative estimate of drug-likeness (QED) is 0.323. The number of hydrogen-bond acceptors (Lipinski definition) is 4. The highest BCUT2D eigenvalue weighted by molar-refractivity contribution is 7.22. The lowest BCUT2D eigenvalue weighted by Crippen LogP contribution is -2.30. The molecule has 0 saturated heterocycles. The maximum Gasteiger partial charge on any atom is 0.252 e. The SMILES string of the molecule is O=C(/C=C/c1ccccc1Cl)N(CCCn1ccnc1)c1nc2c(Cl)cccc2s1. The van der Waals surface area contributed by atoms with Crippen molar-refractivity contribution in [1.82, 2.24) is 14.5 Å². The molecule has 5 nitrogen and oxygen atoms in total. The van der Waals surface area contributed by atoms with Gasteiger partial charge in [-0.05, 0) is 36.3 Å². The minimum absolute atomic E-state index is 0.157. The molecule has 0 radical (unpaired) electrons. The van der Waals surface area contributed by atoms with E-state index in [4.69, 9.17) is 23.2 Å². The topological polar surface area (TPSA) is 51.0 Å². The average molecular weight is 457 g/mol. The van der Waals surface area contributed by atoms with Gasteiger partial charge >= 0.3 is 0 Å². The Morgan fingerprint density at radius 3 is 2.73 bits per heavy atom. The Hall–Kier alpha value is -2.67. The van der Waals surface area contributed by atoms with Gasteiger partial charge in [0.1, 0.15) is 5.52 Å². The lowest BCUT2D eigenvalue weighted by Gasteiger charge is -2.18. The van der Waals surface area contributed by atoms with E-state index in [2.05, 4.69) is 9.97 Å². The molecule has 0 spiro atoms. The zero-order valence-electron chi connectivity index (χ0n) is 15.9. The van der Waals surface area contributed by atoms with Crippen LogP contribution in [0.1, 0.15) is 12.0 Å². The van der Waals surface area contributed by atoms with Gasteiger partial charge in [0.2, 0.25) is 0 Å². The average Bonchev–Trinajstić information content (AvgIpc) is 3.41. The Morgan fingerprint density at radius 2 is 1.97 bits per heavy atom. The fraction of sp³-hybridized carbons (Fsp3) is 0.136. The lowest BCUT2D eigenvalue weighted by molar-refractivity contribution is -0.114. The predicted octanol–water partition coefficient (Wildman–Crippen LogP) is 5.94. The van der Waals surface area contributed by atoms with Crippen LogP contribution in [-0.4, -0.2) is 27.0 Å². The first kappa shape index (κ1) is 20.6. The third-order valence-electron chi connectivity index (χ3n) is 4.52. The molecule has 0 aliphatic carbocycles. The minimum Gasteiger partial charge on any atom is -0.337 e. The maximum absolute atomic E-state index is 13.1. The van der Waals surface area contributed by atoms with Crippen LogP contribution in [0, 0.1) is 0 Å². The highest BCUT2D eigenvalue weighted by Crippen LogP contribution is 2.33. The third-order valence-corrected chi connectivity index (χ3v) is 6.22. The second-order valence-corrected chi connectivity index (χ2v) is 8.41. The van der Waals surface area contributed by atoms with Crippen molar-refractivity contribution >= 4 is 61.9 Å². The molecule has 0 atom stereocenters. The second kappa shape index (κ2) is 9.43. The summed E-state index contributed by atoms with van der Waals surface area (Å²) in [6.45, 7) is 1.27. The van der Waals surface area contributed by atoms with E-state index in [1.807, 2.05) is 41.1 Å². The number of anilines is 1. The number of rotatable bonds is 7. The minimum atomic E-state index is -0.157. The molecule has 0 bridgehead atoms. The fourth-order valence-electron chi connectivity index (χ4n) is 3.01. The van der Waals surface area contributed by atoms with Crippen molar-refractivity contribution in [2.45, 2.75) is 13.0 Å². The molecule has 0 N–H and O–H groups in total. The summed E-state index contributed by atoms with van der Waals surface area (Å²) in [5.74, 6) is -0.157. The van der Waals surface area contributed by atoms with E-state index in [1.54, 1.807) is 35.6 Å². The number of thiazole rings is 1. The number of hydrogen-bond donors (Lipinski definition) is 0. The summed E-state index contributed by atoms with van der Waals surface area (Å²) in [5.41, 5.74) is 1.50. The molecule has 2 aromatic carbocycles. The summed E-state index contributed by atoms with van der Waals surface area (Å²) in [7, 11) is 0. The molecule has 4 rings (SSSR count). The maximum atomic E-state index is 13.1. The van der Waals surface area contributed by atoms with Crippen molar-refractivity contribution in [3.05, 3.63) is 82.9 Å². The van der Waals surface area contributed by atoms with Crippen LogP contribution >= 0.6 is 34.5 Å². The molecule has 0 unspecified atom stereocenters. The van der Waals surface area contributed by atoms with E-state index in [-0.39, 0.29) is 5.91 Å². The van der Waals surface area contributed by atoms with E-state index in [1.165, 1.54) is 17.4 Å². The molecule has 0 fully saturated rings. The fourth-order valence-corrected chi connectivity index (χ4v) is 4.51. The standard InChI is InChI=1S/C22H18Cl2N4OS/c23-17-6-2-1-5-16(17)9-10-20(29)28(13-4-12-27-14-11-25-15-27)22-26-21-18(24)7-3-8-19(21)30-22/h1-3,5-11,14-15H,4,12-13H2/b10-9+. The molecule has 2 heterocycles. The molecule has 152 valence electrons. The van der Waals surface area contributed by atoms with Crippen molar-refractivity contribution in [2.24, 2.45) is 0 Å². The summed E-state index contributed by atoms with van der Waals surface area (Å²) in [6.07, 6.45) is 9.43. The number of amides is 1. The Morgan fingerprint density at radius 1 is 1.13 bits per heavy atom. The number of para-hydroxylation sites is 1. The Bertz CT molecular complexity index is 1190. The molecule has 2 aromatic heterocycles. The van der Waals surface area contributed by atoms with Crippen LogP contribution in [0.25, 0.3) is 16.3 Å². The molecule has 4 aromatic rings. The predicted molar refractivity (Wildman–Crippen MR) is 124 cm³/mol. The van der Waals surface area contributed by atoms with Gasteiger partial charge in [0, 0.05) is 36.6 Å². The van der Waals surface area contributed by atoms with Gasteiger partial charge in [-0.2, -0.15) is 0 Å². The number of carbonyl (C=O) groups excluding carboxylic acids is 1. The number of carbonyl (C=O) groups is 1. The molecule has 0 aliphatic heterocycles. The third kappa shape index (κ3) is 4.73. The van der Waals surface area contributed by atoms with Crippen molar-refractivity contribution in [3.63, 3.8) is 0 Å². The van der Waals surface area contributed by atoms with Crippen LogP contribution in [0.15, 0.2) is 67.3 Å². The molecule has 8 heteroatoms. The van der Waals surface area contributed by atoms with Gasteiger partial charge in [0.05, 0.1) is 16.0 Å². The zero-order chi connectivity index (χ0) is 20.9. The van der Waals surface area contributed by atoms with E-state index in [0.29, 0.717) is 27.2 Å². The van der Waals surface area contributed by atoms with Crippen LogP contribution in [0.5, 0.6) is 0 Å². The van der Waals surface area contributed by atoms with Gasteiger partial charge in [-0.15, -0.1) is 0 Å². The number of fused-ring (bicyclic) bond motifs is 1. The summed E-state index contributed by atoms with van der Waals surface area (Å²) in [6, 6.07) is 13.0. The van der Waals surface area contributed by atoms with Gasteiger partial charge < -0.3 is 4.57 Å².